The predicted molar refractivity (Wildman–Crippen MR) is 67.6 cm³/mol. The Bertz CT molecular complexity index is 376. The maximum absolute atomic E-state index is 11.5. The normalized spacial score (nSPS) is 12.5. The zero-order valence-corrected chi connectivity index (χ0v) is 11.3. The van der Waals surface area contributed by atoms with Crippen LogP contribution in [0.2, 0.25) is 0 Å². The van der Waals surface area contributed by atoms with Gasteiger partial charge in [0.2, 0.25) is 0 Å². The molecular formula is C12H21N3O3. The van der Waals surface area contributed by atoms with E-state index in [1.807, 2.05) is 20.8 Å². The molecule has 0 spiro atoms. The molecule has 1 heterocycles. The Morgan fingerprint density at radius 1 is 1.50 bits per heavy atom. The number of carbonyl (C=O) groups is 1. The third-order valence-corrected chi connectivity index (χ3v) is 2.30. The van der Waals surface area contributed by atoms with Crippen molar-refractivity contribution >= 4 is 5.91 Å². The van der Waals surface area contributed by atoms with Crippen molar-refractivity contribution in [2.45, 2.75) is 32.9 Å². The van der Waals surface area contributed by atoms with E-state index in [9.17, 15) is 4.79 Å². The van der Waals surface area contributed by atoms with Crippen LogP contribution in [-0.2, 0) is 9.53 Å². The summed E-state index contributed by atoms with van der Waals surface area (Å²) in [6.45, 7) is 6.39. The van der Waals surface area contributed by atoms with Crippen LogP contribution in [0.25, 0.3) is 0 Å². The van der Waals surface area contributed by atoms with Crippen LogP contribution in [0.4, 0.5) is 0 Å². The molecule has 0 aliphatic carbocycles. The first-order chi connectivity index (χ1) is 8.52. The van der Waals surface area contributed by atoms with Crippen LogP contribution in [0.15, 0.2) is 12.4 Å². The summed E-state index contributed by atoms with van der Waals surface area (Å²) >= 11 is 0. The van der Waals surface area contributed by atoms with E-state index in [-0.39, 0.29) is 24.6 Å². The SMILES string of the molecule is COCC(C)NC(=O)COc1cnn(C(C)C)c1. The summed E-state index contributed by atoms with van der Waals surface area (Å²) in [5.41, 5.74) is 0. The lowest BCUT2D eigenvalue weighted by atomic mass is 10.3. The topological polar surface area (TPSA) is 65.4 Å². The lowest BCUT2D eigenvalue weighted by Gasteiger charge is -2.12. The fraction of sp³-hybridized carbons (Fsp3) is 0.667. The Morgan fingerprint density at radius 2 is 2.22 bits per heavy atom. The minimum absolute atomic E-state index is 0.0160. The van der Waals surface area contributed by atoms with E-state index in [2.05, 4.69) is 10.4 Å². The van der Waals surface area contributed by atoms with Gasteiger partial charge >= 0.3 is 0 Å². The lowest BCUT2D eigenvalue weighted by molar-refractivity contribution is -0.124. The van der Waals surface area contributed by atoms with Crippen molar-refractivity contribution in [2.24, 2.45) is 0 Å². The van der Waals surface area contributed by atoms with Crippen LogP contribution in [0.5, 0.6) is 5.75 Å². The van der Waals surface area contributed by atoms with Gasteiger partial charge in [-0.05, 0) is 20.8 Å². The molecule has 18 heavy (non-hydrogen) atoms. The van der Waals surface area contributed by atoms with Crippen molar-refractivity contribution in [3.05, 3.63) is 12.4 Å². The van der Waals surface area contributed by atoms with Gasteiger partial charge in [0.15, 0.2) is 12.4 Å². The van der Waals surface area contributed by atoms with Crippen molar-refractivity contribution in [1.82, 2.24) is 15.1 Å². The molecule has 1 atom stereocenters. The molecule has 1 aromatic rings. The van der Waals surface area contributed by atoms with Gasteiger partial charge in [-0.25, -0.2) is 0 Å². The average molecular weight is 255 g/mol. The monoisotopic (exact) mass is 255 g/mol. The van der Waals surface area contributed by atoms with E-state index in [4.69, 9.17) is 9.47 Å². The van der Waals surface area contributed by atoms with E-state index < -0.39 is 0 Å². The molecule has 1 unspecified atom stereocenters. The number of hydrogen-bond acceptors (Lipinski definition) is 4. The van der Waals surface area contributed by atoms with Gasteiger partial charge in [-0.2, -0.15) is 5.10 Å². The van der Waals surface area contributed by atoms with Crippen LogP contribution >= 0.6 is 0 Å². The Morgan fingerprint density at radius 3 is 2.78 bits per heavy atom. The van der Waals surface area contributed by atoms with E-state index in [0.29, 0.717) is 12.4 Å². The molecule has 6 heteroatoms. The zero-order valence-electron chi connectivity index (χ0n) is 11.3. The number of amides is 1. The predicted octanol–water partition coefficient (Wildman–Crippen LogP) is 0.994. The molecule has 0 fully saturated rings. The number of nitrogens with one attached hydrogen (secondary N) is 1. The summed E-state index contributed by atoms with van der Waals surface area (Å²) in [6, 6.07) is 0.252. The highest BCUT2D eigenvalue weighted by Crippen LogP contribution is 2.11. The minimum atomic E-state index is -0.170. The Labute approximate surface area is 107 Å². The van der Waals surface area contributed by atoms with Gasteiger partial charge in [0.25, 0.3) is 5.91 Å². The van der Waals surface area contributed by atoms with Gasteiger partial charge in [-0.15, -0.1) is 0 Å². The molecular weight excluding hydrogens is 234 g/mol. The summed E-state index contributed by atoms with van der Waals surface area (Å²) in [7, 11) is 1.60. The fourth-order valence-electron chi connectivity index (χ4n) is 1.43. The van der Waals surface area contributed by atoms with Crippen LogP contribution in [-0.4, -0.2) is 42.1 Å². The number of aromatic nitrogens is 2. The second-order valence-electron chi connectivity index (χ2n) is 4.46. The first-order valence-corrected chi connectivity index (χ1v) is 5.98. The summed E-state index contributed by atoms with van der Waals surface area (Å²) in [6.07, 6.45) is 3.38. The van der Waals surface area contributed by atoms with Gasteiger partial charge in [-0.1, -0.05) is 0 Å². The third kappa shape index (κ3) is 4.75. The Kier molecular flexibility index (Phi) is 5.64. The molecule has 0 aliphatic heterocycles. The van der Waals surface area contributed by atoms with Crippen LogP contribution < -0.4 is 10.1 Å². The highest BCUT2D eigenvalue weighted by molar-refractivity contribution is 5.77. The zero-order chi connectivity index (χ0) is 13.5. The fourth-order valence-corrected chi connectivity index (χ4v) is 1.43. The molecule has 1 N–H and O–H groups in total. The van der Waals surface area contributed by atoms with E-state index in [0.717, 1.165) is 0 Å². The van der Waals surface area contributed by atoms with Gasteiger partial charge in [-0.3, -0.25) is 9.48 Å². The van der Waals surface area contributed by atoms with Crippen LogP contribution in [0.3, 0.4) is 0 Å². The van der Waals surface area contributed by atoms with Crippen LogP contribution in [0, 0.1) is 0 Å². The maximum atomic E-state index is 11.5. The van der Waals surface area contributed by atoms with Crippen molar-refractivity contribution in [2.75, 3.05) is 20.3 Å². The number of hydrogen-bond donors (Lipinski definition) is 1. The van der Waals surface area contributed by atoms with Gasteiger partial charge in [0.05, 0.1) is 19.0 Å². The van der Waals surface area contributed by atoms with Crippen molar-refractivity contribution in [1.29, 1.82) is 0 Å². The molecule has 0 radical (unpaired) electrons. The average Bonchev–Trinajstić information content (AvgIpc) is 2.75. The van der Waals surface area contributed by atoms with Crippen molar-refractivity contribution < 1.29 is 14.3 Å². The second kappa shape index (κ2) is 7.00. The number of ether oxygens (including phenoxy) is 2. The molecule has 102 valence electrons. The van der Waals surface area contributed by atoms with Gasteiger partial charge < -0.3 is 14.8 Å². The Balaban J connectivity index is 2.33. The van der Waals surface area contributed by atoms with E-state index in [1.165, 1.54) is 0 Å². The lowest BCUT2D eigenvalue weighted by Crippen LogP contribution is -2.38. The molecule has 1 aromatic heterocycles. The van der Waals surface area contributed by atoms with Crippen molar-refractivity contribution in [3.63, 3.8) is 0 Å². The highest BCUT2D eigenvalue weighted by atomic mass is 16.5. The largest absolute Gasteiger partial charge is 0.480 e. The maximum Gasteiger partial charge on any atom is 0.258 e. The quantitative estimate of drug-likeness (QED) is 0.789. The summed E-state index contributed by atoms with van der Waals surface area (Å²) in [5, 5.41) is 6.89. The molecule has 1 rings (SSSR count). The standard InChI is InChI=1S/C12H21N3O3/c1-9(2)15-6-11(5-13-15)18-8-12(16)14-10(3)7-17-4/h5-6,9-10H,7-8H2,1-4H3,(H,14,16). The van der Waals surface area contributed by atoms with Crippen molar-refractivity contribution in [3.8, 4) is 5.75 Å². The first kappa shape index (κ1) is 14.5. The highest BCUT2D eigenvalue weighted by Gasteiger charge is 2.09. The minimum Gasteiger partial charge on any atom is -0.480 e. The molecule has 0 aromatic carbocycles. The van der Waals surface area contributed by atoms with Gasteiger partial charge in [0, 0.05) is 19.2 Å². The van der Waals surface area contributed by atoms with Crippen LogP contribution in [0.1, 0.15) is 26.8 Å². The number of methoxy groups -OCH3 is 1. The third-order valence-electron chi connectivity index (χ3n) is 2.30. The van der Waals surface area contributed by atoms with E-state index >= 15 is 0 Å². The number of rotatable bonds is 7. The Hall–Kier alpha value is -1.56. The van der Waals surface area contributed by atoms with E-state index in [1.54, 1.807) is 24.2 Å². The number of nitrogens with zero attached hydrogens (tertiary/aromatic N) is 2. The molecule has 0 bridgehead atoms. The summed E-state index contributed by atoms with van der Waals surface area (Å²) < 4.78 is 12.0. The smallest absolute Gasteiger partial charge is 0.258 e. The first-order valence-electron chi connectivity index (χ1n) is 5.98. The summed E-state index contributed by atoms with van der Waals surface area (Å²) in [4.78, 5) is 11.5. The molecule has 0 saturated heterocycles. The van der Waals surface area contributed by atoms with Gasteiger partial charge in [0.1, 0.15) is 0 Å². The molecule has 1 amide bonds. The molecule has 6 nitrogen and oxygen atoms in total. The summed E-state index contributed by atoms with van der Waals surface area (Å²) in [5.74, 6) is 0.426. The molecule has 0 aliphatic rings. The number of carbonyl (C=O) groups excluding carboxylic acids is 1. The molecule has 0 saturated carbocycles. The second-order valence-corrected chi connectivity index (χ2v) is 4.46.